The molecule has 1 fully saturated rings. The molecule has 7 heteroatoms. The van der Waals surface area contributed by atoms with E-state index in [9.17, 15) is 0 Å². The molecule has 1 saturated heterocycles. The molecule has 3 rings (SSSR count). The van der Waals surface area contributed by atoms with E-state index in [1.807, 2.05) is 38.2 Å². The lowest BCUT2D eigenvalue weighted by molar-refractivity contribution is 0.107. The van der Waals surface area contributed by atoms with Crippen molar-refractivity contribution in [2.75, 3.05) is 32.6 Å². The number of rotatable bonds is 5. The summed E-state index contributed by atoms with van der Waals surface area (Å²) in [6.45, 7) is 3.47. The fourth-order valence-electron chi connectivity index (χ4n) is 2.95. The molecule has 2 atom stereocenters. The monoisotopic (exact) mass is 317 g/mol. The van der Waals surface area contributed by atoms with Crippen LogP contribution >= 0.6 is 0 Å². The van der Waals surface area contributed by atoms with Crippen LogP contribution in [-0.2, 0) is 11.3 Å². The van der Waals surface area contributed by atoms with Gasteiger partial charge in [-0.1, -0.05) is 0 Å². The van der Waals surface area contributed by atoms with Gasteiger partial charge in [0, 0.05) is 47.4 Å². The second kappa shape index (κ2) is 6.64. The standard InChI is InChI=1S/C16H23N5O2/c1-11-18-19-16(23-11)14-8-13(22-4)10-21(14)9-12-5-6-17-15(7-12)20(2)3/h5-7,13-14H,8-10H2,1-4H3/t13-,14-/m1/s1. The van der Waals surface area contributed by atoms with Gasteiger partial charge >= 0.3 is 0 Å². The number of ether oxygens (including phenoxy) is 1. The van der Waals surface area contributed by atoms with Gasteiger partial charge in [-0.15, -0.1) is 10.2 Å². The quantitative estimate of drug-likeness (QED) is 0.833. The molecule has 23 heavy (non-hydrogen) atoms. The number of hydrogen-bond acceptors (Lipinski definition) is 7. The van der Waals surface area contributed by atoms with E-state index in [4.69, 9.17) is 9.15 Å². The summed E-state index contributed by atoms with van der Waals surface area (Å²) in [5, 5.41) is 8.16. The molecule has 3 heterocycles. The van der Waals surface area contributed by atoms with Crippen molar-refractivity contribution in [3.63, 3.8) is 0 Å². The maximum atomic E-state index is 5.65. The van der Waals surface area contributed by atoms with E-state index in [1.165, 1.54) is 5.56 Å². The lowest BCUT2D eigenvalue weighted by Gasteiger charge is -2.22. The van der Waals surface area contributed by atoms with E-state index >= 15 is 0 Å². The molecule has 1 aliphatic heterocycles. The number of methoxy groups -OCH3 is 1. The Balaban J connectivity index is 1.80. The van der Waals surface area contributed by atoms with Crippen LogP contribution in [0.3, 0.4) is 0 Å². The Bertz CT molecular complexity index is 657. The van der Waals surface area contributed by atoms with Crippen molar-refractivity contribution in [2.45, 2.75) is 32.0 Å². The van der Waals surface area contributed by atoms with Gasteiger partial charge in [0.05, 0.1) is 12.1 Å². The molecule has 1 aliphatic rings. The zero-order valence-electron chi connectivity index (χ0n) is 14.1. The maximum Gasteiger partial charge on any atom is 0.233 e. The lowest BCUT2D eigenvalue weighted by atomic mass is 10.2. The minimum atomic E-state index is 0.0946. The molecular formula is C16H23N5O2. The summed E-state index contributed by atoms with van der Waals surface area (Å²) >= 11 is 0. The highest BCUT2D eigenvalue weighted by Crippen LogP contribution is 2.34. The second-order valence-corrected chi connectivity index (χ2v) is 6.11. The minimum Gasteiger partial charge on any atom is -0.424 e. The highest BCUT2D eigenvalue weighted by atomic mass is 16.5. The molecule has 2 aromatic heterocycles. The Hall–Kier alpha value is -1.99. The fourth-order valence-corrected chi connectivity index (χ4v) is 2.95. The summed E-state index contributed by atoms with van der Waals surface area (Å²) in [7, 11) is 5.74. The first-order valence-corrected chi connectivity index (χ1v) is 7.76. The first kappa shape index (κ1) is 15.9. The summed E-state index contributed by atoms with van der Waals surface area (Å²) in [6.07, 6.45) is 2.90. The summed E-state index contributed by atoms with van der Waals surface area (Å²) < 4.78 is 11.2. The Morgan fingerprint density at radius 2 is 2.22 bits per heavy atom. The van der Waals surface area contributed by atoms with Crippen molar-refractivity contribution in [3.8, 4) is 0 Å². The van der Waals surface area contributed by atoms with Crippen LogP contribution in [0.1, 0.15) is 29.8 Å². The van der Waals surface area contributed by atoms with Crippen LogP contribution in [-0.4, -0.2) is 53.9 Å². The van der Waals surface area contributed by atoms with E-state index < -0.39 is 0 Å². The SMILES string of the molecule is CO[C@@H]1C[C@H](c2nnc(C)o2)N(Cc2ccnc(N(C)C)c2)C1. The van der Waals surface area contributed by atoms with Crippen molar-refractivity contribution in [1.29, 1.82) is 0 Å². The summed E-state index contributed by atoms with van der Waals surface area (Å²) in [6, 6.07) is 4.25. The second-order valence-electron chi connectivity index (χ2n) is 6.11. The summed E-state index contributed by atoms with van der Waals surface area (Å²) in [5.41, 5.74) is 1.21. The summed E-state index contributed by atoms with van der Waals surface area (Å²) in [4.78, 5) is 8.70. The van der Waals surface area contributed by atoms with Crippen molar-refractivity contribution in [2.24, 2.45) is 0 Å². The van der Waals surface area contributed by atoms with Gasteiger partial charge in [-0.2, -0.15) is 0 Å². The lowest BCUT2D eigenvalue weighted by Crippen LogP contribution is -2.25. The van der Waals surface area contributed by atoms with E-state index in [1.54, 1.807) is 7.11 Å². The zero-order valence-corrected chi connectivity index (χ0v) is 14.1. The molecular weight excluding hydrogens is 294 g/mol. The van der Waals surface area contributed by atoms with Gasteiger partial charge in [-0.05, 0) is 24.1 Å². The third kappa shape index (κ3) is 3.51. The molecule has 0 saturated carbocycles. The maximum absolute atomic E-state index is 5.65. The number of hydrogen-bond donors (Lipinski definition) is 0. The highest BCUT2D eigenvalue weighted by Gasteiger charge is 2.36. The van der Waals surface area contributed by atoms with Gasteiger partial charge in [-0.25, -0.2) is 4.98 Å². The smallest absolute Gasteiger partial charge is 0.233 e. The van der Waals surface area contributed by atoms with Crippen molar-refractivity contribution < 1.29 is 9.15 Å². The van der Waals surface area contributed by atoms with Crippen molar-refractivity contribution in [3.05, 3.63) is 35.7 Å². The molecule has 0 aromatic carbocycles. The van der Waals surface area contributed by atoms with E-state index in [0.717, 1.165) is 25.3 Å². The van der Waals surface area contributed by atoms with Gasteiger partial charge in [0.1, 0.15) is 5.82 Å². The van der Waals surface area contributed by atoms with Crippen LogP contribution in [0, 0.1) is 6.92 Å². The largest absolute Gasteiger partial charge is 0.424 e. The van der Waals surface area contributed by atoms with E-state index in [2.05, 4.69) is 26.1 Å². The fraction of sp³-hybridized carbons (Fsp3) is 0.562. The van der Waals surface area contributed by atoms with E-state index in [-0.39, 0.29) is 12.1 Å². The Morgan fingerprint density at radius 3 is 2.87 bits per heavy atom. The van der Waals surface area contributed by atoms with Crippen LogP contribution < -0.4 is 4.90 Å². The number of pyridine rings is 1. The number of likely N-dealkylation sites (tertiary alicyclic amines) is 1. The average Bonchev–Trinajstić information content (AvgIpc) is 3.13. The number of aryl methyl sites for hydroxylation is 1. The van der Waals surface area contributed by atoms with Gasteiger partial charge in [0.15, 0.2) is 0 Å². The van der Waals surface area contributed by atoms with Crippen LogP contribution in [0.4, 0.5) is 5.82 Å². The number of aromatic nitrogens is 3. The first-order chi connectivity index (χ1) is 11.1. The molecule has 0 radical (unpaired) electrons. The molecule has 0 bridgehead atoms. The van der Waals surface area contributed by atoms with Gasteiger partial charge in [0.25, 0.3) is 0 Å². The van der Waals surface area contributed by atoms with Crippen LogP contribution in [0.15, 0.2) is 22.7 Å². The topological polar surface area (TPSA) is 67.5 Å². The third-order valence-corrected chi connectivity index (χ3v) is 4.18. The van der Waals surface area contributed by atoms with Crippen LogP contribution in [0.25, 0.3) is 0 Å². The first-order valence-electron chi connectivity index (χ1n) is 7.76. The van der Waals surface area contributed by atoms with Crippen LogP contribution in [0.2, 0.25) is 0 Å². The molecule has 0 amide bonds. The summed E-state index contributed by atoms with van der Waals surface area (Å²) in [5.74, 6) is 2.22. The van der Waals surface area contributed by atoms with Crippen LogP contribution in [0.5, 0.6) is 0 Å². The molecule has 0 unspecified atom stereocenters. The van der Waals surface area contributed by atoms with Gasteiger partial charge < -0.3 is 14.1 Å². The highest BCUT2D eigenvalue weighted by molar-refractivity contribution is 5.39. The molecule has 124 valence electrons. The Kier molecular flexibility index (Phi) is 4.58. The van der Waals surface area contributed by atoms with E-state index in [0.29, 0.717) is 11.8 Å². The number of anilines is 1. The van der Waals surface area contributed by atoms with Crippen molar-refractivity contribution >= 4 is 5.82 Å². The normalized spacial score (nSPS) is 21.7. The molecule has 0 spiro atoms. The number of nitrogens with zero attached hydrogens (tertiary/aromatic N) is 5. The van der Waals surface area contributed by atoms with Gasteiger partial charge in [-0.3, -0.25) is 4.90 Å². The minimum absolute atomic E-state index is 0.0946. The molecule has 2 aromatic rings. The predicted molar refractivity (Wildman–Crippen MR) is 86.2 cm³/mol. The van der Waals surface area contributed by atoms with Gasteiger partial charge in [0.2, 0.25) is 11.8 Å². The average molecular weight is 317 g/mol. The Labute approximate surface area is 136 Å². The Morgan fingerprint density at radius 1 is 1.39 bits per heavy atom. The molecule has 0 N–H and O–H groups in total. The molecule has 0 aliphatic carbocycles. The zero-order chi connectivity index (χ0) is 16.4. The van der Waals surface area contributed by atoms with Crippen molar-refractivity contribution in [1.82, 2.24) is 20.1 Å². The molecule has 7 nitrogen and oxygen atoms in total. The predicted octanol–water partition coefficient (Wildman–Crippen LogP) is 1.80. The third-order valence-electron chi connectivity index (χ3n) is 4.18.